The van der Waals surface area contributed by atoms with E-state index >= 15 is 0 Å². The van der Waals surface area contributed by atoms with Crippen LogP contribution in [-0.4, -0.2) is 54.3 Å². The van der Waals surface area contributed by atoms with Gasteiger partial charge < -0.3 is 9.47 Å². The van der Waals surface area contributed by atoms with Gasteiger partial charge in [0.15, 0.2) is 0 Å². The molecule has 1 aromatic heterocycles. The summed E-state index contributed by atoms with van der Waals surface area (Å²) < 4.78 is 30.1. The van der Waals surface area contributed by atoms with Crippen molar-refractivity contribution in [1.29, 1.82) is 5.26 Å². The van der Waals surface area contributed by atoms with E-state index in [-0.39, 0.29) is 42.6 Å². The third kappa shape index (κ3) is 4.38. The van der Waals surface area contributed by atoms with Crippen molar-refractivity contribution in [2.24, 2.45) is 0 Å². The molecule has 7 nitrogen and oxygen atoms in total. The summed E-state index contributed by atoms with van der Waals surface area (Å²) in [5.41, 5.74) is 3.16. The van der Waals surface area contributed by atoms with Gasteiger partial charge in [0.05, 0.1) is 4.90 Å². The zero-order chi connectivity index (χ0) is 24.7. The Labute approximate surface area is 205 Å². The van der Waals surface area contributed by atoms with Crippen molar-refractivity contribution in [2.75, 3.05) is 26.2 Å². The summed E-state index contributed by atoms with van der Waals surface area (Å²) >= 11 is 0. The van der Waals surface area contributed by atoms with Crippen LogP contribution in [0.2, 0.25) is 0 Å². The van der Waals surface area contributed by atoms with Gasteiger partial charge in [-0.1, -0.05) is 30.3 Å². The van der Waals surface area contributed by atoms with Crippen molar-refractivity contribution in [3.63, 3.8) is 0 Å². The van der Waals surface area contributed by atoms with Gasteiger partial charge in [-0.2, -0.15) is 9.57 Å². The van der Waals surface area contributed by atoms with Crippen LogP contribution in [-0.2, 0) is 14.8 Å². The standard InChI is InChI=1S/C27H28N4O3S/c1-19-15-23(20(2)31(19)25-8-9-25)16-24(18-28)27(32)29-11-13-30(14-12-29)35(33,34)26-10-7-21-5-3-4-6-22(21)17-26/h3-7,10,15-17,25H,8-9,11-14H2,1-2H3/b24-16+. The molecule has 2 fully saturated rings. The first kappa shape index (κ1) is 23.3. The molecule has 1 aliphatic heterocycles. The molecule has 1 aliphatic carbocycles. The number of aromatic nitrogens is 1. The van der Waals surface area contributed by atoms with E-state index in [0.717, 1.165) is 40.6 Å². The molecule has 8 heteroatoms. The smallest absolute Gasteiger partial charge is 0.264 e. The van der Waals surface area contributed by atoms with E-state index in [1.165, 1.54) is 4.31 Å². The van der Waals surface area contributed by atoms with Crippen LogP contribution in [0.3, 0.4) is 0 Å². The van der Waals surface area contributed by atoms with Gasteiger partial charge in [-0.05, 0) is 67.3 Å². The first-order valence-corrected chi connectivity index (χ1v) is 13.3. The van der Waals surface area contributed by atoms with Gasteiger partial charge in [0.25, 0.3) is 5.91 Å². The van der Waals surface area contributed by atoms with Gasteiger partial charge in [0, 0.05) is 43.6 Å². The van der Waals surface area contributed by atoms with Crippen molar-refractivity contribution < 1.29 is 13.2 Å². The predicted molar refractivity (Wildman–Crippen MR) is 135 cm³/mol. The molecule has 1 amide bonds. The van der Waals surface area contributed by atoms with Crippen molar-refractivity contribution in [3.05, 3.63) is 71.1 Å². The first-order chi connectivity index (χ1) is 16.8. The molecular formula is C27H28N4O3S. The molecule has 2 heterocycles. The monoisotopic (exact) mass is 488 g/mol. The molecule has 1 saturated carbocycles. The molecular weight excluding hydrogens is 460 g/mol. The zero-order valence-electron chi connectivity index (χ0n) is 19.9. The molecule has 0 radical (unpaired) electrons. The van der Waals surface area contributed by atoms with Crippen molar-refractivity contribution in [3.8, 4) is 6.07 Å². The third-order valence-electron chi connectivity index (χ3n) is 6.97. The van der Waals surface area contributed by atoms with E-state index in [1.807, 2.05) is 50.2 Å². The number of amides is 1. The molecule has 180 valence electrons. The van der Waals surface area contributed by atoms with E-state index in [2.05, 4.69) is 10.6 Å². The number of piperazine rings is 1. The summed E-state index contributed by atoms with van der Waals surface area (Å²) in [5.74, 6) is -0.355. The van der Waals surface area contributed by atoms with Gasteiger partial charge in [-0.25, -0.2) is 8.42 Å². The average Bonchev–Trinajstić information content (AvgIpc) is 3.66. The van der Waals surface area contributed by atoms with E-state index < -0.39 is 10.0 Å². The summed E-state index contributed by atoms with van der Waals surface area (Å²) in [5, 5.41) is 11.6. The maximum atomic E-state index is 13.2. The SMILES string of the molecule is Cc1cc(/C=C(\C#N)C(=O)N2CCN(S(=O)(=O)c3ccc4ccccc4c3)CC2)c(C)n1C1CC1. The number of hydrogen-bond acceptors (Lipinski definition) is 4. The van der Waals surface area contributed by atoms with Crippen LogP contribution in [0, 0.1) is 25.2 Å². The number of nitrogens with zero attached hydrogens (tertiary/aromatic N) is 4. The molecule has 0 bridgehead atoms. The number of benzene rings is 2. The zero-order valence-corrected chi connectivity index (χ0v) is 20.8. The molecule has 1 saturated heterocycles. The fraction of sp³-hybridized carbons (Fsp3) is 0.333. The summed E-state index contributed by atoms with van der Waals surface area (Å²) in [4.78, 5) is 14.9. The van der Waals surface area contributed by atoms with E-state index in [1.54, 1.807) is 23.1 Å². The second-order valence-electron chi connectivity index (χ2n) is 9.30. The Morgan fingerprint density at radius 2 is 1.69 bits per heavy atom. The maximum absolute atomic E-state index is 13.2. The van der Waals surface area contributed by atoms with Gasteiger partial charge >= 0.3 is 0 Å². The minimum atomic E-state index is -3.67. The van der Waals surface area contributed by atoms with E-state index in [0.29, 0.717) is 6.04 Å². The highest BCUT2D eigenvalue weighted by molar-refractivity contribution is 7.89. The number of rotatable bonds is 5. The highest BCUT2D eigenvalue weighted by Crippen LogP contribution is 2.38. The highest BCUT2D eigenvalue weighted by Gasteiger charge is 2.32. The van der Waals surface area contributed by atoms with Crippen LogP contribution in [0.5, 0.6) is 0 Å². The second kappa shape index (κ2) is 8.99. The lowest BCUT2D eigenvalue weighted by atomic mass is 10.1. The number of carbonyl (C=O) groups excluding carboxylic acids is 1. The second-order valence-corrected chi connectivity index (χ2v) is 11.2. The Hall–Kier alpha value is -3.41. The molecule has 0 atom stereocenters. The van der Waals surface area contributed by atoms with Gasteiger partial charge in [-0.3, -0.25) is 4.79 Å². The Morgan fingerprint density at radius 1 is 1.00 bits per heavy atom. The third-order valence-corrected chi connectivity index (χ3v) is 8.87. The van der Waals surface area contributed by atoms with Crippen molar-refractivity contribution in [2.45, 2.75) is 37.6 Å². The van der Waals surface area contributed by atoms with Gasteiger partial charge in [-0.15, -0.1) is 0 Å². The summed E-state index contributed by atoms with van der Waals surface area (Å²) in [6, 6.07) is 17.4. The lowest BCUT2D eigenvalue weighted by Gasteiger charge is -2.34. The van der Waals surface area contributed by atoms with Crippen LogP contribution in [0.15, 0.2) is 59.0 Å². The lowest BCUT2D eigenvalue weighted by Crippen LogP contribution is -2.50. The minimum absolute atomic E-state index is 0.0758. The number of fused-ring (bicyclic) bond motifs is 1. The fourth-order valence-electron chi connectivity index (χ4n) is 4.92. The Balaban J connectivity index is 1.30. The van der Waals surface area contributed by atoms with Crippen LogP contribution in [0.25, 0.3) is 16.8 Å². The van der Waals surface area contributed by atoms with Crippen molar-refractivity contribution >= 4 is 32.8 Å². The molecule has 35 heavy (non-hydrogen) atoms. The number of nitriles is 1. The fourth-order valence-corrected chi connectivity index (χ4v) is 6.38. The molecule has 2 aliphatic rings. The van der Waals surface area contributed by atoms with E-state index in [4.69, 9.17) is 0 Å². The Morgan fingerprint density at radius 3 is 2.34 bits per heavy atom. The maximum Gasteiger partial charge on any atom is 0.264 e. The van der Waals surface area contributed by atoms with Crippen LogP contribution >= 0.6 is 0 Å². The molecule has 5 rings (SSSR count). The van der Waals surface area contributed by atoms with Gasteiger partial charge in [0.1, 0.15) is 11.6 Å². The summed E-state index contributed by atoms with van der Waals surface area (Å²) in [7, 11) is -3.67. The number of hydrogen-bond donors (Lipinski definition) is 0. The number of aryl methyl sites for hydroxylation is 1. The highest BCUT2D eigenvalue weighted by atomic mass is 32.2. The summed E-state index contributed by atoms with van der Waals surface area (Å²) in [6.45, 7) is 4.93. The predicted octanol–water partition coefficient (Wildman–Crippen LogP) is 4.03. The first-order valence-electron chi connectivity index (χ1n) is 11.9. The topological polar surface area (TPSA) is 86.4 Å². The van der Waals surface area contributed by atoms with Crippen LogP contribution < -0.4 is 0 Å². The summed E-state index contributed by atoms with van der Waals surface area (Å²) in [6.07, 6.45) is 3.99. The quantitative estimate of drug-likeness (QED) is 0.401. The lowest BCUT2D eigenvalue weighted by molar-refractivity contribution is -0.127. The molecule has 2 aromatic carbocycles. The van der Waals surface area contributed by atoms with Gasteiger partial charge in [0.2, 0.25) is 10.0 Å². The van der Waals surface area contributed by atoms with Crippen molar-refractivity contribution in [1.82, 2.24) is 13.8 Å². The molecule has 0 N–H and O–H groups in total. The van der Waals surface area contributed by atoms with Crippen LogP contribution in [0.4, 0.5) is 0 Å². The molecule has 0 spiro atoms. The minimum Gasteiger partial charge on any atom is -0.346 e. The normalized spacial score (nSPS) is 17.5. The largest absolute Gasteiger partial charge is 0.346 e. The average molecular weight is 489 g/mol. The molecule has 0 unspecified atom stereocenters. The Kier molecular flexibility index (Phi) is 5.99. The number of carbonyl (C=O) groups is 1. The number of sulfonamides is 1. The Bertz CT molecular complexity index is 1480. The van der Waals surface area contributed by atoms with E-state index in [9.17, 15) is 18.5 Å². The molecule has 3 aromatic rings. The van der Waals surface area contributed by atoms with Crippen LogP contribution in [0.1, 0.15) is 35.8 Å².